The summed E-state index contributed by atoms with van der Waals surface area (Å²) >= 11 is 0. The first-order chi connectivity index (χ1) is 9.44. The standard InChI is InChI=1S/C12H13N5O2S/c1-8-4-11(3-2-9(8)5-13)20(18,19)16-7-10-6-15-17-12(10)14/h2-4,6,16H,7H2,1H3,(H3,14,15,17). The number of aromatic amines is 1. The zero-order chi connectivity index (χ0) is 14.8. The molecule has 1 aromatic heterocycles. The number of nitrogen functional groups attached to an aromatic ring is 1. The van der Waals surface area contributed by atoms with E-state index in [0.29, 0.717) is 22.5 Å². The van der Waals surface area contributed by atoms with Crippen LogP contribution in [0.5, 0.6) is 0 Å². The molecule has 0 radical (unpaired) electrons. The maximum Gasteiger partial charge on any atom is 0.240 e. The Balaban J connectivity index is 2.21. The van der Waals surface area contributed by atoms with E-state index in [2.05, 4.69) is 14.9 Å². The molecule has 0 aliphatic heterocycles. The number of hydrogen-bond donors (Lipinski definition) is 3. The Bertz CT molecular complexity index is 773. The van der Waals surface area contributed by atoms with Crippen molar-refractivity contribution in [2.45, 2.75) is 18.4 Å². The molecular formula is C12H13N5O2S. The lowest BCUT2D eigenvalue weighted by atomic mass is 10.1. The maximum atomic E-state index is 12.1. The average molecular weight is 291 g/mol. The first kappa shape index (κ1) is 14.0. The molecule has 2 aromatic rings. The van der Waals surface area contributed by atoms with Crippen LogP contribution in [-0.4, -0.2) is 18.6 Å². The molecule has 1 aromatic carbocycles. The second-order valence-electron chi connectivity index (χ2n) is 4.22. The van der Waals surface area contributed by atoms with Crippen LogP contribution in [0.25, 0.3) is 0 Å². The quantitative estimate of drug-likeness (QED) is 0.762. The van der Waals surface area contributed by atoms with Crippen molar-refractivity contribution in [2.75, 3.05) is 5.73 Å². The highest BCUT2D eigenvalue weighted by molar-refractivity contribution is 7.89. The van der Waals surface area contributed by atoms with Gasteiger partial charge < -0.3 is 5.73 Å². The minimum absolute atomic E-state index is 0.0454. The molecular weight excluding hydrogens is 278 g/mol. The van der Waals surface area contributed by atoms with Crippen LogP contribution in [0.2, 0.25) is 0 Å². The van der Waals surface area contributed by atoms with Crippen LogP contribution < -0.4 is 10.5 Å². The number of rotatable bonds is 4. The van der Waals surface area contributed by atoms with Gasteiger partial charge in [-0.25, -0.2) is 13.1 Å². The molecule has 0 fully saturated rings. The predicted molar refractivity (Wildman–Crippen MR) is 72.9 cm³/mol. The van der Waals surface area contributed by atoms with E-state index in [9.17, 15) is 8.42 Å². The van der Waals surface area contributed by atoms with E-state index in [-0.39, 0.29) is 11.4 Å². The smallest absolute Gasteiger partial charge is 0.240 e. The summed E-state index contributed by atoms with van der Waals surface area (Å²) in [6.45, 7) is 1.73. The second kappa shape index (κ2) is 5.32. The summed E-state index contributed by atoms with van der Waals surface area (Å²) < 4.78 is 26.7. The topological polar surface area (TPSA) is 125 Å². The molecule has 0 spiro atoms. The van der Waals surface area contributed by atoms with Crippen LogP contribution in [0.15, 0.2) is 29.3 Å². The number of benzene rings is 1. The van der Waals surface area contributed by atoms with Crippen molar-refractivity contribution in [3.63, 3.8) is 0 Å². The zero-order valence-corrected chi connectivity index (χ0v) is 11.5. The number of hydrogen-bond acceptors (Lipinski definition) is 5. The molecule has 2 rings (SSSR count). The number of nitrogens with one attached hydrogen (secondary N) is 2. The van der Waals surface area contributed by atoms with Gasteiger partial charge in [0.15, 0.2) is 0 Å². The van der Waals surface area contributed by atoms with E-state index in [0.717, 1.165) is 0 Å². The lowest BCUT2D eigenvalue weighted by Gasteiger charge is -2.07. The van der Waals surface area contributed by atoms with Crippen LogP contribution in [0, 0.1) is 18.3 Å². The van der Waals surface area contributed by atoms with Gasteiger partial charge in [-0.1, -0.05) is 0 Å². The van der Waals surface area contributed by atoms with Crippen LogP contribution >= 0.6 is 0 Å². The number of aryl methyl sites for hydroxylation is 1. The molecule has 0 aliphatic rings. The highest BCUT2D eigenvalue weighted by atomic mass is 32.2. The summed E-state index contributed by atoms with van der Waals surface area (Å²) in [5, 5.41) is 15.1. The third-order valence-corrected chi connectivity index (χ3v) is 4.23. The van der Waals surface area contributed by atoms with Gasteiger partial charge in [0.1, 0.15) is 5.82 Å². The number of nitrogens with two attached hydrogens (primary N) is 1. The Labute approximate surface area is 116 Å². The van der Waals surface area contributed by atoms with Gasteiger partial charge in [-0.15, -0.1) is 0 Å². The molecule has 0 aliphatic carbocycles. The van der Waals surface area contributed by atoms with Crippen molar-refractivity contribution >= 4 is 15.8 Å². The van der Waals surface area contributed by atoms with Gasteiger partial charge in [0.05, 0.1) is 22.7 Å². The Morgan fingerprint density at radius 3 is 2.80 bits per heavy atom. The fourth-order valence-corrected chi connectivity index (χ4v) is 2.74. The first-order valence-electron chi connectivity index (χ1n) is 5.72. The molecule has 0 saturated carbocycles. The van der Waals surface area contributed by atoms with Crippen molar-refractivity contribution in [3.05, 3.63) is 41.1 Å². The summed E-state index contributed by atoms with van der Waals surface area (Å²) in [5.41, 5.74) is 7.21. The number of H-pyrrole nitrogens is 1. The third kappa shape index (κ3) is 2.79. The maximum absolute atomic E-state index is 12.1. The van der Waals surface area contributed by atoms with Crippen LogP contribution in [-0.2, 0) is 16.6 Å². The highest BCUT2D eigenvalue weighted by Crippen LogP contribution is 2.15. The number of nitrogens with zero attached hydrogens (tertiary/aromatic N) is 2. The molecule has 4 N–H and O–H groups in total. The molecule has 1 heterocycles. The lowest BCUT2D eigenvalue weighted by Crippen LogP contribution is -2.23. The largest absolute Gasteiger partial charge is 0.384 e. The van der Waals surface area contributed by atoms with Crippen molar-refractivity contribution in [3.8, 4) is 6.07 Å². The minimum Gasteiger partial charge on any atom is -0.384 e. The SMILES string of the molecule is Cc1cc(S(=O)(=O)NCc2cn[nH]c2N)ccc1C#N. The second-order valence-corrected chi connectivity index (χ2v) is 5.99. The van der Waals surface area contributed by atoms with E-state index >= 15 is 0 Å². The first-order valence-corrected chi connectivity index (χ1v) is 7.20. The van der Waals surface area contributed by atoms with Gasteiger partial charge in [-0.2, -0.15) is 10.4 Å². The van der Waals surface area contributed by atoms with Crippen LogP contribution in [0.4, 0.5) is 5.82 Å². The van der Waals surface area contributed by atoms with E-state index < -0.39 is 10.0 Å². The molecule has 0 saturated heterocycles. The van der Waals surface area contributed by atoms with E-state index in [1.54, 1.807) is 6.92 Å². The van der Waals surface area contributed by atoms with Crippen LogP contribution in [0.3, 0.4) is 0 Å². The molecule has 104 valence electrons. The van der Waals surface area contributed by atoms with E-state index in [4.69, 9.17) is 11.0 Å². The Kier molecular flexibility index (Phi) is 3.74. The number of aromatic nitrogens is 2. The molecule has 0 unspecified atom stereocenters. The van der Waals surface area contributed by atoms with Gasteiger partial charge in [0.2, 0.25) is 10.0 Å². The average Bonchev–Trinajstić information content (AvgIpc) is 2.82. The van der Waals surface area contributed by atoms with Gasteiger partial charge >= 0.3 is 0 Å². The highest BCUT2D eigenvalue weighted by Gasteiger charge is 2.15. The molecule has 20 heavy (non-hydrogen) atoms. The normalized spacial score (nSPS) is 11.2. The molecule has 0 bridgehead atoms. The van der Waals surface area contributed by atoms with E-state index in [1.165, 1.54) is 24.4 Å². The van der Waals surface area contributed by atoms with Gasteiger partial charge in [0, 0.05) is 12.1 Å². The monoisotopic (exact) mass is 291 g/mol. The Morgan fingerprint density at radius 2 is 2.25 bits per heavy atom. The summed E-state index contributed by atoms with van der Waals surface area (Å²) in [6.07, 6.45) is 1.46. The minimum atomic E-state index is -3.66. The Hall–Kier alpha value is -2.37. The zero-order valence-electron chi connectivity index (χ0n) is 10.7. The number of sulfonamides is 1. The van der Waals surface area contributed by atoms with Crippen LogP contribution in [0.1, 0.15) is 16.7 Å². The van der Waals surface area contributed by atoms with Gasteiger partial charge in [0.25, 0.3) is 0 Å². The fourth-order valence-electron chi connectivity index (χ4n) is 1.65. The van der Waals surface area contributed by atoms with Gasteiger partial charge in [-0.05, 0) is 30.7 Å². The van der Waals surface area contributed by atoms with E-state index in [1.807, 2.05) is 6.07 Å². The molecule has 0 atom stereocenters. The third-order valence-electron chi connectivity index (χ3n) is 2.83. The lowest BCUT2D eigenvalue weighted by molar-refractivity contribution is 0.581. The van der Waals surface area contributed by atoms with Crippen molar-refractivity contribution in [1.82, 2.24) is 14.9 Å². The van der Waals surface area contributed by atoms with Crippen molar-refractivity contribution < 1.29 is 8.42 Å². The van der Waals surface area contributed by atoms with Crippen molar-refractivity contribution in [2.24, 2.45) is 0 Å². The number of nitriles is 1. The molecule has 0 amide bonds. The predicted octanol–water partition coefficient (Wildman–Crippen LogP) is 0.650. The fraction of sp³-hybridized carbons (Fsp3) is 0.167. The summed E-state index contributed by atoms with van der Waals surface area (Å²) in [4.78, 5) is 0.107. The van der Waals surface area contributed by atoms with Crippen molar-refractivity contribution in [1.29, 1.82) is 5.26 Å². The van der Waals surface area contributed by atoms with Gasteiger partial charge in [-0.3, -0.25) is 5.10 Å². The molecule has 8 heteroatoms. The summed E-state index contributed by atoms with van der Waals surface area (Å²) in [7, 11) is -3.66. The summed E-state index contributed by atoms with van der Waals surface area (Å²) in [6, 6.07) is 6.33. The number of anilines is 1. The molecule has 7 nitrogen and oxygen atoms in total. The summed E-state index contributed by atoms with van der Waals surface area (Å²) in [5.74, 6) is 0.323. The Morgan fingerprint density at radius 1 is 1.50 bits per heavy atom.